The molecule has 0 aromatic heterocycles. The third-order valence-electron chi connectivity index (χ3n) is 3.79. The summed E-state index contributed by atoms with van der Waals surface area (Å²) in [5.41, 5.74) is 2.33. The predicted molar refractivity (Wildman–Crippen MR) is 103 cm³/mol. The van der Waals surface area contributed by atoms with Crippen LogP contribution in [0, 0.1) is 17.0 Å². The number of nitro benzene ring substituents is 1. The highest BCUT2D eigenvalue weighted by molar-refractivity contribution is 6.00. The van der Waals surface area contributed by atoms with E-state index >= 15 is 0 Å². The van der Waals surface area contributed by atoms with Gasteiger partial charge in [0.05, 0.1) is 4.92 Å². The van der Waals surface area contributed by atoms with Crippen LogP contribution in [0.4, 0.5) is 21.9 Å². The molecule has 7 nitrogen and oxygen atoms in total. The van der Waals surface area contributed by atoms with E-state index in [1.165, 1.54) is 24.3 Å². The van der Waals surface area contributed by atoms with Crippen molar-refractivity contribution in [3.63, 3.8) is 0 Å². The molecule has 136 valence electrons. The SMILES string of the molecule is Cc1ccccc1NC(=O)Nc1ccc(Oc2ccc([N+](=O)[O-])cc2)cc1. The first kappa shape index (κ1) is 17.9. The summed E-state index contributed by atoms with van der Waals surface area (Å²) < 4.78 is 5.63. The van der Waals surface area contributed by atoms with Gasteiger partial charge in [-0.05, 0) is 55.0 Å². The highest BCUT2D eigenvalue weighted by Crippen LogP contribution is 2.25. The summed E-state index contributed by atoms with van der Waals surface area (Å²) in [5.74, 6) is 1.03. The lowest BCUT2D eigenvalue weighted by molar-refractivity contribution is -0.384. The lowest BCUT2D eigenvalue weighted by Gasteiger charge is -2.10. The zero-order valence-corrected chi connectivity index (χ0v) is 14.5. The lowest BCUT2D eigenvalue weighted by Crippen LogP contribution is -2.19. The lowest BCUT2D eigenvalue weighted by atomic mass is 10.2. The van der Waals surface area contributed by atoms with E-state index in [0.717, 1.165) is 11.3 Å². The van der Waals surface area contributed by atoms with Crippen molar-refractivity contribution in [1.29, 1.82) is 0 Å². The van der Waals surface area contributed by atoms with Gasteiger partial charge in [0.25, 0.3) is 5.69 Å². The Morgan fingerprint density at radius 2 is 1.48 bits per heavy atom. The van der Waals surface area contributed by atoms with Gasteiger partial charge in [0, 0.05) is 23.5 Å². The fourth-order valence-corrected chi connectivity index (χ4v) is 2.38. The normalized spacial score (nSPS) is 10.1. The van der Waals surface area contributed by atoms with Gasteiger partial charge in [-0.25, -0.2) is 4.79 Å². The maximum absolute atomic E-state index is 12.1. The molecule has 0 bridgehead atoms. The van der Waals surface area contributed by atoms with E-state index in [1.54, 1.807) is 24.3 Å². The molecule has 0 aliphatic carbocycles. The number of ether oxygens (including phenoxy) is 1. The summed E-state index contributed by atoms with van der Waals surface area (Å²) in [5, 5.41) is 16.2. The van der Waals surface area contributed by atoms with Crippen LogP contribution in [0.5, 0.6) is 11.5 Å². The van der Waals surface area contributed by atoms with Crippen LogP contribution in [-0.4, -0.2) is 11.0 Å². The molecule has 0 radical (unpaired) electrons. The first-order valence-electron chi connectivity index (χ1n) is 8.17. The van der Waals surface area contributed by atoms with Gasteiger partial charge < -0.3 is 15.4 Å². The number of amides is 2. The van der Waals surface area contributed by atoms with Crippen molar-refractivity contribution in [1.82, 2.24) is 0 Å². The number of benzene rings is 3. The van der Waals surface area contributed by atoms with Crippen LogP contribution in [0.25, 0.3) is 0 Å². The second-order valence-electron chi connectivity index (χ2n) is 5.77. The van der Waals surface area contributed by atoms with Crippen molar-refractivity contribution in [3.8, 4) is 11.5 Å². The second-order valence-corrected chi connectivity index (χ2v) is 5.77. The van der Waals surface area contributed by atoms with Gasteiger partial charge >= 0.3 is 6.03 Å². The molecule has 2 amide bonds. The molecule has 0 saturated carbocycles. The summed E-state index contributed by atoms with van der Waals surface area (Å²) in [6.07, 6.45) is 0. The van der Waals surface area contributed by atoms with Gasteiger partial charge in [0.15, 0.2) is 0 Å². The summed E-state index contributed by atoms with van der Waals surface area (Å²) >= 11 is 0. The molecule has 0 heterocycles. The van der Waals surface area contributed by atoms with E-state index in [2.05, 4.69) is 10.6 Å². The molecule has 0 unspecified atom stereocenters. The Hall–Kier alpha value is -3.87. The van der Waals surface area contributed by atoms with Crippen molar-refractivity contribution in [2.45, 2.75) is 6.92 Å². The molecule has 27 heavy (non-hydrogen) atoms. The number of hydrogen-bond acceptors (Lipinski definition) is 4. The Bertz CT molecular complexity index is 954. The number of carbonyl (C=O) groups is 1. The Morgan fingerprint density at radius 3 is 2.07 bits per heavy atom. The summed E-state index contributed by atoms with van der Waals surface area (Å²) in [6.45, 7) is 1.92. The van der Waals surface area contributed by atoms with Gasteiger partial charge in [0.1, 0.15) is 11.5 Å². The zero-order chi connectivity index (χ0) is 19.2. The Morgan fingerprint density at radius 1 is 0.889 bits per heavy atom. The molecule has 0 saturated heterocycles. The Balaban J connectivity index is 1.59. The molecule has 7 heteroatoms. The second kappa shape index (κ2) is 8.01. The van der Waals surface area contributed by atoms with E-state index in [1.807, 2.05) is 31.2 Å². The van der Waals surface area contributed by atoms with Gasteiger partial charge in [0.2, 0.25) is 0 Å². The number of nitrogens with one attached hydrogen (secondary N) is 2. The highest BCUT2D eigenvalue weighted by Gasteiger charge is 2.07. The average Bonchev–Trinajstić information content (AvgIpc) is 2.66. The average molecular weight is 363 g/mol. The third kappa shape index (κ3) is 4.82. The Labute approximate surface area is 155 Å². The standard InChI is InChI=1S/C20H17N3O4/c1-14-4-2-3-5-19(14)22-20(24)21-15-6-10-17(11-7-15)27-18-12-8-16(9-13-18)23(25)26/h2-13H,1H3,(H2,21,22,24). The minimum atomic E-state index is -0.466. The molecular formula is C20H17N3O4. The molecule has 0 aliphatic heterocycles. The molecule has 3 rings (SSSR count). The van der Waals surface area contributed by atoms with E-state index in [0.29, 0.717) is 17.2 Å². The largest absolute Gasteiger partial charge is 0.457 e. The quantitative estimate of drug-likeness (QED) is 0.472. The molecule has 3 aromatic carbocycles. The highest BCUT2D eigenvalue weighted by atomic mass is 16.6. The molecule has 3 aromatic rings. The van der Waals surface area contributed by atoms with Gasteiger partial charge in [-0.2, -0.15) is 0 Å². The molecule has 0 atom stereocenters. The van der Waals surface area contributed by atoms with Crippen LogP contribution in [0.3, 0.4) is 0 Å². The van der Waals surface area contributed by atoms with E-state index in [-0.39, 0.29) is 11.7 Å². The number of hydrogen-bond donors (Lipinski definition) is 2. The summed E-state index contributed by atoms with van der Waals surface area (Å²) in [6, 6.07) is 19.8. The van der Waals surface area contributed by atoms with Crippen LogP contribution in [0.15, 0.2) is 72.8 Å². The van der Waals surface area contributed by atoms with Crippen molar-refractivity contribution < 1.29 is 14.5 Å². The minimum Gasteiger partial charge on any atom is -0.457 e. The fraction of sp³-hybridized carbons (Fsp3) is 0.0500. The van der Waals surface area contributed by atoms with Gasteiger partial charge in [-0.3, -0.25) is 10.1 Å². The van der Waals surface area contributed by atoms with Gasteiger partial charge in [-0.1, -0.05) is 18.2 Å². The third-order valence-corrected chi connectivity index (χ3v) is 3.79. The van der Waals surface area contributed by atoms with E-state index in [4.69, 9.17) is 4.74 Å². The van der Waals surface area contributed by atoms with Crippen molar-refractivity contribution in [2.75, 3.05) is 10.6 Å². The number of urea groups is 1. The zero-order valence-electron chi connectivity index (χ0n) is 14.5. The van der Waals surface area contributed by atoms with Gasteiger partial charge in [-0.15, -0.1) is 0 Å². The van der Waals surface area contributed by atoms with Crippen molar-refractivity contribution >= 4 is 23.1 Å². The van der Waals surface area contributed by atoms with E-state index < -0.39 is 4.92 Å². The number of anilines is 2. The number of nitrogens with zero attached hydrogens (tertiary/aromatic N) is 1. The maximum Gasteiger partial charge on any atom is 0.323 e. The first-order valence-corrected chi connectivity index (χ1v) is 8.17. The van der Waals surface area contributed by atoms with E-state index in [9.17, 15) is 14.9 Å². The molecular weight excluding hydrogens is 346 g/mol. The van der Waals surface area contributed by atoms with Crippen LogP contribution in [0.2, 0.25) is 0 Å². The molecule has 2 N–H and O–H groups in total. The number of nitro groups is 1. The maximum atomic E-state index is 12.1. The number of aryl methyl sites for hydroxylation is 1. The fourth-order valence-electron chi connectivity index (χ4n) is 2.38. The number of non-ortho nitro benzene ring substituents is 1. The smallest absolute Gasteiger partial charge is 0.323 e. The number of rotatable bonds is 5. The Kier molecular flexibility index (Phi) is 5.32. The topological polar surface area (TPSA) is 93.5 Å². The number of carbonyl (C=O) groups excluding carboxylic acids is 1. The van der Waals surface area contributed by atoms with Crippen molar-refractivity contribution in [2.24, 2.45) is 0 Å². The minimum absolute atomic E-state index is 0.00145. The molecule has 0 spiro atoms. The summed E-state index contributed by atoms with van der Waals surface area (Å²) in [4.78, 5) is 22.3. The number of para-hydroxylation sites is 1. The molecule has 0 fully saturated rings. The van der Waals surface area contributed by atoms with Crippen LogP contribution >= 0.6 is 0 Å². The first-order chi connectivity index (χ1) is 13.0. The van der Waals surface area contributed by atoms with Crippen LogP contribution < -0.4 is 15.4 Å². The monoisotopic (exact) mass is 363 g/mol. The summed E-state index contributed by atoms with van der Waals surface area (Å²) in [7, 11) is 0. The van der Waals surface area contributed by atoms with Crippen LogP contribution in [-0.2, 0) is 0 Å². The van der Waals surface area contributed by atoms with Crippen LogP contribution in [0.1, 0.15) is 5.56 Å². The predicted octanol–water partition coefficient (Wildman–Crippen LogP) is 5.34. The molecule has 0 aliphatic rings. The van der Waals surface area contributed by atoms with Crippen molar-refractivity contribution in [3.05, 3.63) is 88.5 Å².